The van der Waals surface area contributed by atoms with Crippen molar-refractivity contribution in [1.29, 1.82) is 0 Å². The molecule has 2 N–H and O–H groups in total. The molecule has 4 nitrogen and oxygen atoms in total. The zero-order valence-electron chi connectivity index (χ0n) is 13.1. The Morgan fingerprint density at radius 2 is 1.83 bits per heavy atom. The zero-order chi connectivity index (χ0) is 16.8. The van der Waals surface area contributed by atoms with Crippen LogP contribution in [0.15, 0.2) is 48.5 Å². The third-order valence-electron chi connectivity index (χ3n) is 3.44. The van der Waals surface area contributed by atoms with Gasteiger partial charge >= 0.3 is 0 Å². The lowest BCUT2D eigenvalue weighted by atomic mass is 10.0. The van der Waals surface area contributed by atoms with Crippen LogP contribution in [-0.2, 0) is 9.59 Å². The number of hydrogen-bond donors (Lipinski definition) is 2. The van der Waals surface area contributed by atoms with Crippen LogP contribution in [0.3, 0.4) is 0 Å². The quantitative estimate of drug-likeness (QED) is 0.889. The number of rotatable bonds is 5. The van der Waals surface area contributed by atoms with E-state index in [2.05, 4.69) is 10.6 Å². The summed E-state index contributed by atoms with van der Waals surface area (Å²) >= 11 is 0. The number of halogens is 1. The Morgan fingerprint density at radius 1 is 1.13 bits per heavy atom. The molecule has 0 aliphatic rings. The molecule has 23 heavy (non-hydrogen) atoms. The van der Waals surface area contributed by atoms with Gasteiger partial charge in [0.1, 0.15) is 5.82 Å². The van der Waals surface area contributed by atoms with E-state index in [1.165, 1.54) is 19.1 Å². The Hall–Kier alpha value is -2.69. The summed E-state index contributed by atoms with van der Waals surface area (Å²) in [6.45, 7) is 3.20. The first-order valence-electron chi connectivity index (χ1n) is 7.34. The molecule has 0 saturated carbocycles. The van der Waals surface area contributed by atoms with E-state index in [1.807, 2.05) is 30.3 Å². The third-order valence-corrected chi connectivity index (χ3v) is 3.44. The number of benzene rings is 2. The van der Waals surface area contributed by atoms with Crippen LogP contribution in [0.5, 0.6) is 0 Å². The highest BCUT2D eigenvalue weighted by Crippen LogP contribution is 2.20. The maximum Gasteiger partial charge on any atom is 0.226 e. The molecule has 2 aromatic rings. The van der Waals surface area contributed by atoms with Gasteiger partial charge in [-0.2, -0.15) is 0 Å². The first-order chi connectivity index (χ1) is 11.0. The van der Waals surface area contributed by atoms with Crippen molar-refractivity contribution in [2.24, 2.45) is 0 Å². The van der Waals surface area contributed by atoms with Gasteiger partial charge in [0.15, 0.2) is 0 Å². The molecule has 2 rings (SSSR count). The first kappa shape index (κ1) is 16.7. The molecular formula is C18H19FN2O2. The van der Waals surface area contributed by atoms with Gasteiger partial charge in [-0.25, -0.2) is 4.39 Å². The molecule has 120 valence electrons. The van der Waals surface area contributed by atoms with Crippen LogP contribution in [0.1, 0.15) is 30.5 Å². The Labute approximate surface area is 134 Å². The van der Waals surface area contributed by atoms with Gasteiger partial charge in [0.05, 0.1) is 12.5 Å². The van der Waals surface area contributed by atoms with E-state index in [-0.39, 0.29) is 18.2 Å². The number of aryl methyl sites for hydroxylation is 1. The fourth-order valence-corrected chi connectivity index (χ4v) is 2.30. The highest BCUT2D eigenvalue weighted by molar-refractivity contribution is 5.92. The average Bonchev–Trinajstić information content (AvgIpc) is 2.51. The highest BCUT2D eigenvalue weighted by atomic mass is 19.1. The van der Waals surface area contributed by atoms with Gasteiger partial charge in [0.25, 0.3) is 0 Å². The summed E-state index contributed by atoms with van der Waals surface area (Å²) in [4.78, 5) is 23.6. The molecule has 2 aromatic carbocycles. The SMILES string of the molecule is CC(=O)NC(CC(=O)Nc1cc(F)ccc1C)c1ccccc1. The van der Waals surface area contributed by atoms with Crippen molar-refractivity contribution < 1.29 is 14.0 Å². The predicted octanol–water partition coefficient (Wildman–Crippen LogP) is 3.34. The van der Waals surface area contributed by atoms with E-state index in [0.29, 0.717) is 5.69 Å². The second-order valence-electron chi connectivity index (χ2n) is 5.38. The van der Waals surface area contributed by atoms with Crippen molar-refractivity contribution in [3.8, 4) is 0 Å². The normalized spacial score (nSPS) is 11.6. The lowest BCUT2D eigenvalue weighted by molar-refractivity contribution is -0.120. The largest absolute Gasteiger partial charge is 0.349 e. The second kappa shape index (κ2) is 7.54. The number of hydrogen-bond acceptors (Lipinski definition) is 2. The topological polar surface area (TPSA) is 58.2 Å². The van der Waals surface area contributed by atoms with E-state index >= 15 is 0 Å². The van der Waals surface area contributed by atoms with Crippen molar-refractivity contribution in [2.45, 2.75) is 26.3 Å². The summed E-state index contributed by atoms with van der Waals surface area (Å²) in [5.41, 5.74) is 2.05. The summed E-state index contributed by atoms with van der Waals surface area (Å²) in [6, 6.07) is 13.1. The standard InChI is InChI=1S/C18H19FN2O2/c1-12-8-9-15(19)10-16(12)21-18(23)11-17(20-13(2)22)14-6-4-3-5-7-14/h3-10,17H,11H2,1-2H3,(H,20,22)(H,21,23). The van der Waals surface area contributed by atoms with E-state index < -0.39 is 11.9 Å². The lowest BCUT2D eigenvalue weighted by Gasteiger charge is -2.18. The Bertz CT molecular complexity index is 701. The van der Waals surface area contributed by atoms with Crippen molar-refractivity contribution in [1.82, 2.24) is 5.32 Å². The minimum absolute atomic E-state index is 0.0690. The molecule has 0 heterocycles. The Balaban J connectivity index is 2.11. The first-order valence-corrected chi connectivity index (χ1v) is 7.34. The Kier molecular flexibility index (Phi) is 5.46. The summed E-state index contributed by atoms with van der Waals surface area (Å²) in [7, 11) is 0. The van der Waals surface area contributed by atoms with Gasteiger partial charge in [-0.3, -0.25) is 9.59 Å². The van der Waals surface area contributed by atoms with Crippen molar-refractivity contribution >= 4 is 17.5 Å². The molecule has 0 fully saturated rings. The molecular weight excluding hydrogens is 295 g/mol. The number of carbonyl (C=O) groups excluding carboxylic acids is 2. The Morgan fingerprint density at radius 3 is 2.48 bits per heavy atom. The smallest absolute Gasteiger partial charge is 0.226 e. The van der Waals surface area contributed by atoms with Crippen LogP contribution < -0.4 is 10.6 Å². The minimum atomic E-state index is -0.428. The van der Waals surface area contributed by atoms with Crippen LogP contribution in [-0.4, -0.2) is 11.8 Å². The van der Waals surface area contributed by atoms with Gasteiger partial charge in [0.2, 0.25) is 11.8 Å². The molecule has 5 heteroatoms. The monoisotopic (exact) mass is 314 g/mol. The molecule has 1 atom stereocenters. The van der Waals surface area contributed by atoms with Crippen LogP contribution in [0.25, 0.3) is 0 Å². The molecule has 0 aromatic heterocycles. The zero-order valence-corrected chi connectivity index (χ0v) is 13.1. The van der Waals surface area contributed by atoms with Crippen LogP contribution in [0.2, 0.25) is 0 Å². The maximum atomic E-state index is 13.3. The van der Waals surface area contributed by atoms with Gasteiger partial charge in [-0.15, -0.1) is 0 Å². The minimum Gasteiger partial charge on any atom is -0.349 e. The number of nitrogens with one attached hydrogen (secondary N) is 2. The molecule has 2 amide bonds. The van der Waals surface area contributed by atoms with Crippen LogP contribution in [0.4, 0.5) is 10.1 Å². The average molecular weight is 314 g/mol. The van der Waals surface area contributed by atoms with Crippen molar-refractivity contribution in [2.75, 3.05) is 5.32 Å². The molecule has 0 aliphatic heterocycles. The van der Waals surface area contributed by atoms with Gasteiger partial charge in [-0.1, -0.05) is 36.4 Å². The summed E-state index contributed by atoms with van der Waals surface area (Å²) in [6.07, 6.45) is 0.0690. The number of carbonyl (C=O) groups is 2. The fourth-order valence-electron chi connectivity index (χ4n) is 2.30. The molecule has 1 unspecified atom stereocenters. The summed E-state index contributed by atoms with van der Waals surface area (Å²) in [5.74, 6) is -0.915. The fraction of sp³-hybridized carbons (Fsp3) is 0.222. The van der Waals surface area contributed by atoms with E-state index in [0.717, 1.165) is 11.1 Å². The second-order valence-corrected chi connectivity index (χ2v) is 5.38. The van der Waals surface area contributed by atoms with Crippen molar-refractivity contribution in [3.63, 3.8) is 0 Å². The predicted molar refractivity (Wildman–Crippen MR) is 87.4 cm³/mol. The molecule has 0 saturated heterocycles. The molecule has 0 spiro atoms. The van der Waals surface area contributed by atoms with Crippen molar-refractivity contribution in [3.05, 3.63) is 65.5 Å². The number of anilines is 1. The highest BCUT2D eigenvalue weighted by Gasteiger charge is 2.17. The van der Waals surface area contributed by atoms with Gasteiger partial charge < -0.3 is 10.6 Å². The maximum absolute atomic E-state index is 13.3. The summed E-state index contributed by atoms with van der Waals surface area (Å²) in [5, 5.41) is 5.46. The van der Waals surface area contributed by atoms with E-state index in [1.54, 1.807) is 13.0 Å². The van der Waals surface area contributed by atoms with Crippen LogP contribution in [0, 0.1) is 12.7 Å². The van der Waals surface area contributed by atoms with E-state index in [4.69, 9.17) is 0 Å². The van der Waals surface area contributed by atoms with E-state index in [9.17, 15) is 14.0 Å². The lowest BCUT2D eigenvalue weighted by Crippen LogP contribution is -2.29. The van der Waals surface area contributed by atoms with Gasteiger partial charge in [-0.05, 0) is 30.2 Å². The molecule has 0 bridgehead atoms. The molecule has 0 radical (unpaired) electrons. The molecule has 0 aliphatic carbocycles. The number of amides is 2. The van der Waals surface area contributed by atoms with Gasteiger partial charge in [0, 0.05) is 12.6 Å². The summed E-state index contributed by atoms with van der Waals surface area (Å²) < 4.78 is 13.3. The third kappa shape index (κ3) is 4.92. The van der Waals surface area contributed by atoms with Crippen LogP contribution >= 0.6 is 0 Å².